The maximum Gasteiger partial charge on any atom is 0.292 e. The number of anilines is 2. The van der Waals surface area contributed by atoms with Crippen LogP contribution >= 0.6 is 0 Å². The summed E-state index contributed by atoms with van der Waals surface area (Å²) in [4.78, 5) is 25.5. The van der Waals surface area contributed by atoms with E-state index in [2.05, 4.69) is 10.6 Å². The van der Waals surface area contributed by atoms with Gasteiger partial charge in [-0.1, -0.05) is 18.2 Å². The summed E-state index contributed by atoms with van der Waals surface area (Å²) in [6, 6.07) is 12.3. The number of nitrogens with one attached hydrogen (secondary N) is 2. The number of nitrogens with zero attached hydrogens (tertiary/aromatic N) is 2. The lowest BCUT2D eigenvalue weighted by Crippen LogP contribution is -2.38. The number of carbonyl (C=O) groups is 1. The second kappa shape index (κ2) is 6.64. The largest absolute Gasteiger partial charge is 0.378 e. The summed E-state index contributed by atoms with van der Waals surface area (Å²) in [6.07, 6.45) is -0.519. The molecule has 2 aromatic carbocycles. The molecular weight excluding hydrogens is 336 g/mol. The Labute approximate surface area is 149 Å². The van der Waals surface area contributed by atoms with E-state index in [4.69, 9.17) is 4.74 Å². The smallest absolute Gasteiger partial charge is 0.292 e. The summed E-state index contributed by atoms with van der Waals surface area (Å²) in [5.74, 6) is -0.204. The van der Waals surface area contributed by atoms with Crippen LogP contribution in [0.1, 0.15) is 22.1 Å². The second-order valence-corrected chi connectivity index (χ2v) is 6.20. The molecule has 1 saturated heterocycles. The first kappa shape index (κ1) is 16.3. The maximum absolute atomic E-state index is 12.3. The number of para-hydroxylation sites is 1. The van der Waals surface area contributed by atoms with Gasteiger partial charge in [-0.3, -0.25) is 14.9 Å². The lowest BCUT2D eigenvalue weighted by atomic mass is 10.0. The summed E-state index contributed by atoms with van der Waals surface area (Å²) < 4.78 is 5.32. The predicted molar refractivity (Wildman–Crippen MR) is 96.4 cm³/mol. The highest BCUT2D eigenvalue weighted by Gasteiger charge is 2.28. The molecule has 8 heteroatoms. The molecule has 0 bridgehead atoms. The number of carbonyl (C=O) groups excluding carboxylic acids is 1. The molecule has 2 aliphatic heterocycles. The minimum atomic E-state index is -0.519. The van der Waals surface area contributed by atoms with Crippen molar-refractivity contribution >= 4 is 23.0 Å². The van der Waals surface area contributed by atoms with Crippen molar-refractivity contribution in [1.82, 2.24) is 5.32 Å². The van der Waals surface area contributed by atoms with E-state index in [-0.39, 0.29) is 16.5 Å². The number of hydrogen-bond donors (Lipinski definition) is 2. The van der Waals surface area contributed by atoms with Gasteiger partial charge in [-0.2, -0.15) is 0 Å². The van der Waals surface area contributed by atoms with Gasteiger partial charge in [-0.25, -0.2) is 0 Å². The van der Waals surface area contributed by atoms with Crippen molar-refractivity contribution in [2.75, 3.05) is 36.5 Å². The van der Waals surface area contributed by atoms with Gasteiger partial charge in [0.05, 0.1) is 23.7 Å². The third kappa shape index (κ3) is 2.95. The number of amides is 1. The first-order chi connectivity index (χ1) is 12.6. The molecule has 2 heterocycles. The van der Waals surface area contributed by atoms with Crippen LogP contribution in [0, 0.1) is 10.1 Å². The van der Waals surface area contributed by atoms with E-state index in [0.29, 0.717) is 48.8 Å². The van der Waals surface area contributed by atoms with Gasteiger partial charge in [0.2, 0.25) is 0 Å². The van der Waals surface area contributed by atoms with Gasteiger partial charge in [-0.05, 0) is 18.2 Å². The Bertz CT molecular complexity index is 864. The molecule has 0 saturated carbocycles. The Hall–Kier alpha value is -3.13. The number of morpholine rings is 1. The summed E-state index contributed by atoms with van der Waals surface area (Å²) in [7, 11) is 0. The van der Waals surface area contributed by atoms with E-state index in [1.165, 1.54) is 6.07 Å². The van der Waals surface area contributed by atoms with E-state index in [1.54, 1.807) is 18.2 Å². The SMILES string of the molecule is O=C1NC(c2ccc(N3CCOCC3)c([N+](=O)[O-])c2)Nc2ccccc21. The number of hydrogen-bond acceptors (Lipinski definition) is 6. The minimum absolute atomic E-state index is 0.0271. The number of benzene rings is 2. The lowest BCUT2D eigenvalue weighted by Gasteiger charge is -2.30. The molecule has 0 aliphatic carbocycles. The standard InChI is InChI=1S/C18H18N4O4/c23-18-13-3-1-2-4-14(13)19-17(20-18)12-5-6-15(16(11-12)22(24)25)21-7-9-26-10-8-21/h1-6,11,17,19H,7-10H2,(H,20,23). The van der Waals surface area contributed by atoms with Crippen LogP contribution in [-0.4, -0.2) is 37.1 Å². The zero-order valence-corrected chi connectivity index (χ0v) is 14.0. The highest BCUT2D eigenvalue weighted by Crippen LogP contribution is 2.33. The molecule has 8 nitrogen and oxygen atoms in total. The number of nitro benzene ring substituents is 1. The number of ether oxygens (including phenoxy) is 1. The molecule has 2 N–H and O–H groups in total. The van der Waals surface area contributed by atoms with Gasteiger partial charge in [-0.15, -0.1) is 0 Å². The molecule has 2 aromatic rings. The zero-order chi connectivity index (χ0) is 18.1. The maximum atomic E-state index is 12.3. The van der Waals surface area contributed by atoms with Gasteiger partial charge >= 0.3 is 0 Å². The Balaban J connectivity index is 1.66. The topological polar surface area (TPSA) is 96.7 Å². The molecule has 2 aliphatic rings. The van der Waals surface area contributed by atoms with E-state index in [0.717, 1.165) is 0 Å². The van der Waals surface area contributed by atoms with Gasteiger partial charge in [0.25, 0.3) is 11.6 Å². The van der Waals surface area contributed by atoms with Crippen LogP contribution < -0.4 is 15.5 Å². The molecule has 0 spiro atoms. The van der Waals surface area contributed by atoms with Crippen LogP contribution in [-0.2, 0) is 4.74 Å². The molecule has 0 radical (unpaired) electrons. The Morgan fingerprint density at radius 1 is 1.12 bits per heavy atom. The van der Waals surface area contributed by atoms with E-state index in [9.17, 15) is 14.9 Å². The van der Waals surface area contributed by atoms with Gasteiger partial charge < -0.3 is 20.3 Å². The van der Waals surface area contributed by atoms with Crippen molar-refractivity contribution in [1.29, 1.82) is 0 Å². The van der Waals surface area contributed by atoms with Crippen molar-refractivity contribution in [3.05, 3.63) is 63.7 Å². The van der Waals surface area contributed by atoms with E-state index >= 15 is 0 Å². The third-order valence-electron chi connectivity index (χ3n) is 4.63. The van der Waals surface area contributed by atoms with Crippen LogP contribution in [0.5, 0.6) is 0 Å². The molecular formula is C18H18N4O4. The second-order valence-electron chi connectivity index (χ2n) is 6.20. The summed E-state index contributed by atoms with van der Waals surface area (Å²) in [5, 5.41) is 17.7. The first-order valence-corrected chi connectivity index (χ1v) is 8.41. The predicted octanol–water partition coefficient (Wildman–Crippen LogP) is 2.29. The fourth-order valence-electron chi connectivity index (χ4n) is 3.31. The zero-order valence-electron chi connectivity index (χ0n) is 14.0. The molecule has 26 heavy (non-hydrogen) atoms. The van der Waals surface area contributed by atoms with E-state index < -0.39 is 6.17 Å². The quantitative estimate of drug-likeness (QED) is 0.648. The summed E-state index contributed by atoms with van der Waals surface area (Å²) in [5.41, 5.74) is 2.50. The van der Waals surface area contributed by atoms with Crippen LogP contribution in [0.2, 0.25) is 0 Å². The highest BCUT2D eigenvalue weighted by molar-refractivity contribution is 6.01. The highest BCUT2D eigenvalue weighted by atomic mass is 16.6. The Morgan fingerprint density at radius 3 is 2.65 bits per heavy atom. The number of fused-ring (bicyclic) bond motifs is 1. The minimum Gasteiger partial charge on any atom is -0.378 e. The molecule has 4 rings (SSSR count). The average Bonchev–Trinajstić information content (AvgIpc) is 2.68. The van der Waals surface area contributed by atoms with Crippen molar-refractivity contribution in [2.45, 2.75) is 6.17 Å². The Morgan fingerprint density at radius 2 is 1.88 bits per heavy atom. The molecule has 134 valence electrons. The number of rotatable bonds is 3. The van der Waals surface area contributed by atoms with Gasteiger partial charge in [0, 0.05) is 30.4 Å². The fourth-order valence-corrected chi connectivity index (χ4v) is 3.31. The molecule has 0 aromatic heterocycles. The van der Waals surface area contributed by atoms with E-state index in [1.807, 2.05) is 23.1 Å². The van der Waals surface area contributed by atoms with Crippen molar-refractivity contribution in [3.8, 4) is 0 Å². The van der Waals surface area contributed by atoms with Crippen molar-refractivity contribution in [3.63, 3.8) is 0 Å². The molecule has 1 atom stereocenters. The molecule has 1 fully saturated rings. The fraction of sp³-hybridized carbons (Fsp3) is 0.278. The van der Waals surface area contributed by atoms with Crippen molar-refractivity contribution in [2.24, 2.45) is 0 Å². The number of nitro groups is 1. The molecule has 1 unspecified atom stereocenters. The first-order valence-electron chi connectivity index (χ1n) is 8.41. The third-order valence-corrected chi connectivity index (χ3v) is 4.63. The van der Waals surface area contributed by atoms with Gasteiger partial charge in [0.1, 0.15) is 11.9 Å². The van der Waals surface area contributed by atoms with Crippen LogP contribution in [0.15, 0.2) is 42.5 Å². The summed E-state index contributed by atoms with van der Waals surface area (Å²) in [6.45, 7) is 2.34. The average molecular weight is 354 g/mol. The Kier molecular flexibility index (Phi) is 4.18. The summed E-state index contributed by atoms with van der Waals surface area (Å²) >= 11 is 0. The van der Waals surface area contributed by atoms with Gasteiger partial charge in [0.15, 0.2) is 0 Å². The van der Waals surface area contributed by atoms with Crippen LogP contribution in [0.25, 0.3) is 0 Å². The lowest BCUT2D eigenvalue weighted by molar-refractivity contribution is -0.384. The van der Waals surface area contributed by atoms with Crippen LogP contribution in [0.3, 0.4) is 0 Å². The molecule has 1 amide bonds. The van der Waals surface area contributed by atoms with Crippen LogP contribution in [0.4, 0.5) is 17.1 Å². The van der Waals surface area contributed by atoms with Crippen molar-refractivity contribution < 1.29 is 14.5 Å². The normalized spacial score (nSPS) is 19.3. The monoisotopic (exact) mass is 354 g/mol.